The van der Waals surface area contributed by atoms with Crippen LogP contribution in [-0.4, -0.2) is 37.1 Å². The molecular weight excluding hydrogens is 334 g/mol. The molecule has 2 aromatic rings. The monoisotopic (exact) mass is 349 g/mol. The van der Waals surface area contributed by atoms with Crippen LogP contribution in [0.15, 0.2) is 22.9 Å². The van der Waals surface area contributed by atoms with Crippen LogP contribution in [0.3, 0.4) is 0 Å². The van der Waals surface area contributed by atoms with Crippen molar-refractivity contribution in [1.29, 1.82) is 0 Å². The molecule has 0 saturated carbocycles. The number of carbonyl (C=O) groups is 1. The van der Waals surface area contributed by atoms with Gasteiger partial charge >= 0.3 is 0 Å². The minimum absolute atomic E-state index is 0.192. The highest BCUT2D eigenvalue weighted by Gasteiger charge is 2.24. The average Bonchev–Trinajstić information content (AvgIpc) is 2.90. The van der Waals surface area contributed by atoms with Crippen molar-refractivity contribution in [3.05, 3.63) is 28.8 Å². The average molecular weight is 350 g/mol. The molecule has 1 aliphatic heterocycles. The number of nitrogens with zero attached hydrogens (tertiary/aromatic N) is 5. The molecule has 110 valence electrons. The third-order valence-electron chi connectivity index (χ3n) is 3.53. The summed E-state index contributed by atoms with van der Waals surface area (Å²) in [4.78, 5) is 18.0. The van der Waals surface area contributed by atoms with Crippen LogP contribution in [0, 0.1) is 0 Å². The highest BCUT2D eigenvalue weighted by Crippen LogP contribution is 2.23. The van der Waals surface area contributed by atoms with E-state index >= 15 is 0 Å². The van der Waals surface area contributed by atoms with Crippen molar-refractivity contribution in [1.82, 2.24) is 24.6 Å². The normalized spacial score (nSPS) is 14.1. The number of amides is 1. The van der Waals surface area contributed by atoms with Gasteiger partial charge in [0.05, 0.1) is 6.54 Å². The van der Waals surface area contributed by atoms with Crippen molar-refractivity contribution in [2.24, 2.45) is 0 Å². The molecule has 0 N–H and O–H groups in total. The fourth-order valence-electron chi connectivity index (χ4n) is 2.49. The zero-order valence-corrected chi connectivity index (χ0v) is 13.4. The molecule has 0 saturated heterocycles. The minimum atomic E-state index is 0.192. The van der Waals surface area contributed by atoms with Gasteiger partial charge in [-0.25, -0.2) is 0 Å². The van der Waals surface area contributed by atoms with E-state index in [4.69, 9.17) is 0 Å². The third kappa shape index (κ3) is 2.83. The van der Waals surface area contributed by atoms with Gasteiger partial charge in [0, 0.05) is 41.9 Å². The van der Waals surface area contributed by atoms with Gasteiger partial charge in [0.25, 0.3) is 0 Å². The zero-order chi connectivity index (χ0) is 14.8. The van der Waals surface area contributed by atoms with Crippen LogP contribution in [0.2, 0.25) is 0 Å². The lowest BCUT2D eigenvalue weighted by Crippen LogP contribution is -2.38. The van der Waals surface area contributed by atoms with Gasteiger partial charge in [0.15, 0.2) is 11.6 Å². The van der Waals surface area contributed by atoms with E-state index in [1.807, 2.05) is 17.9 Å². The first-order valence-electron chi connectivity index (χ1n) is 7.00. The van der Waals surface area contributed by atoms with Gasteiger partial charge in [0.1, 0.15) is 0 Å². The molecule has 1 aliphatic rings. The van der Waals surface area contributed by atoms with Crippen LogP contribution < -0.4 is 0 Å². The summed E-state index contributed by atoms with van der Waals surface area (Å²) in [6.07, 6.45) is 4.98. The van der Waals surface area contributed by atoms with Gasteiger partial charge in [-0.15, -0.1) is 10.2 Å². The van der Waals surface area contributed by atoms with E-state index in [1.165, 1.54) is 0 Å². The van der Waals surface area contributed by atoms with Crippen LogP contribution in [0.5, 0.6) is 0 Å². The number of fused-ring (bicyclic) bond motifs is 1. The molecule has 0 bridgehead atoms. The molecule has 0 spiro atoms. The minimum Gasteiger partial charge on any atom is -0.333 e. The first kappa shape index (κ1) is 14.2. The van der Waals surface area contributed by atoms with E-state index in [2.05, 4.69) is 35.7 Å². The Hall–Kier alpha value is -1.76. The van der Waals surface area contributed by atoms with E-state index in [0.29, 0.717) is 19.5 Å². The molecular formula is C14H16BrN5O. The summed E-state index contributed by atoms with van der Waals surface area (Å²) in [5.41, 5.74) is 0.927. The van der Waals surface area contributed by atoms with Gasteiger partial charge in [-0.2, -0.15) is 0 Å². The maximum absolute atomic E-state index is 12.0. The SMILES string of the molecule is CCCC(=O)N1CCn2c(nnc2-c2cncc(Br)c2)C1. The lowest BCUT2D eigenvalue weighted by molar-refractivity contribution is -0.132. The van der Waals surface area contributed by atoms with Crippen molar-refractivity contribution in [3.8, 4) is 11.4 Å². The molecule has 1 amide bonds. The molecule has 0 aromatic carbocycles. The number of rotatable bonds is 3. The molecule has 0 aliphatic carbocycles. The van der Waals surface area contributed by atoms with E-state index < -0.39 is 0 Å². The van der Waals surface area contributed by atoms with Crippen LogP contribution >= 0.6 is 15.9 Å². The predicted octanol–water partition coefficient (Wildman–Crippen LogP) is 2.24. The van der Waals surface area contributed by atoms with Gasteiger partial charge in [0.2, 0.25) is 5.91 Å². The fourth-order valence-corrected chi connectivity index (χ4v) is 2.86. The molecule has 2 aromatic heterocycles. The van der Waals surface area contributed by atoms with Crippen molar-refractivity contribution >= 4 is 21.8 Å². The van der Waals surface area contributed by atoms with Crippen molar-refractivity contribution in [3.63, 3.8) is 0 Å². The van der Waals surface area contributed by atoms with E-state index in [0.717, 1.165) is 34.7 Å². The Morgan fingerprint density at radius 3 is 2.95 bits per heavy atom. The molecule has 21 heavy (non-hydrogen) atoms. The Bertz CT molecular complexity index is 669. The standard InChI is InChI=1S/C14H16BrN5O/c1-2-3-13(21)19-4-5-20-12(9-19)17-18-14(20)10-6-11(15)8-16-7-10/h6-8H,2-5,9H2,1H3. The topological polar surface area (TPSA) is 63.9 Å². The molecule has 0 unspecified atom stereocenters. The van der Waals surface area contributed by atoms with Crippen LogP contribution in [0.4, 0.5) is 0 Å². The second-order valence-corrected chi connectivity index (χ2v) is 5.96. The van der Waals surface area contributed by atoms with E-state index in [1.54, 1.807) is 12.4 Å². The second-order valence-electron chi connectivity index (χ2n) is 5.05. The summed E-state index contributed by atoms with van der Waals surface area (Å²) in [5.74, 6) is 1.83. The Kier molecular flexibility index (Phi) is 4.01. The van der Waals surface area contributed by atoms with Gasteiger partial charge in [-0.3, -0.25) is 9.78 Å². The fraction of sp³-hybridized carbons (Fsp3) is 0.429. The first-order valence-corrected chi connectivity index (χ1v) is 7.79. The van der Waals surface area contributed by atoms with Crippen LogP contribution in [-0.2, 0) is 17.9 Å². The molecule has 3 heterocycles. The lowest BCUT2D eigenvalue weighted by Gasteiger charge is -2.27. The molecule has 3 rings (SSSR count). The second kappa shape index (κ2) is 5.93. The summed E-state index contributed by atoms with van der Waals surface area (Å²) >= 11 is 3.42. The summed E-state index contributed by atoms with van der Waals surface area (Å²) in [6, 6.07) is 1.97. The quantitative estimate of drug-likeness (QED) is 0.852. The van der Waals surface area contributed by atoms with Crippen molar-refractivity contribution in [2.75, 3.05) is 6.54 Å². The zero-order valence-electron chi connectivity index (χ0n) is 11.8. The predicted molar refractivity (Wildman–Crippen MR) is 81.3 cm³/mol. The molecule has 0 radical (unpaired) electrons. The summed E-state index contributed by atoms with van der Waals surface area (Å²) in [6.45, 7) is 3.98. The van der Waals surface area contributed by atoms with Gasteiger partial charge < -0.3 is 9.47 Å². The number of pyridine rings is 1. The number of aromatic nitrogens is 4. The molecule has 7 heteroatoms. The van der Waals surface area contributed by atoms with Crippen LogP contribution in [0.25, 0.3) is 11.4 Å². The van der Waals surface area contributed by atoms with Crippen molar-refractivity contribution in [2.45, 2.75) is 32.9 Å². The maximum Gasteiger partial charge on any atom is 0.223 e. The smallest absolute Gasteiger partial charge is 0.223 e. The summed E-state index contributed by atoms with van der Waals surface area (Å²) in [5, 5.41) is 8.49. The molecule has 6 nitrogen and oxygen atoms in total. The highest BCUT2D eigenvalue weighted by atomic mass is 79.9. The summed E-state index contributed by atoms with van der Waals surface area (Å²) in [7, 11) is 0. The maximum atomic E-state index is 12.0. The van der Waals surface area contributed by atoms with Crippen molar-refractivity contribution < 1.29 is 4.79 Å². The van der Waals surface area contributed by atoms with Gasteiger partial charge in [-0.1, -0.05) is 6.92 Å². The molecule has 0 fully saturated rings. The number of halogens is 1. The Morgan fingerprint density at radius 1 is 1.33 bits per heavy atom. The largest absolute Gasteiger partial charge is 0.333 e. The third-order valence-corrected chi connectivity index (χ3v) is 3.97. The van der Waals surface area contributed by atoms with E-state index in [9.17, 15) is 4.79 Å². The number of hydrogen-bond acceptors (Lipinski definition) is 4. The van der Waals surface area contributed by atoms with Gasteiger partial charge in [-0.05, 0) is 28.4 Å². The number of carbonyl (C=O) groups excluding carboxylic acids is 1. The summed E-state index contributed by atoms with van der Waals surface area (Å²) < 4.78 is 2.98. The Morgan fingerprint density at radius 2 is 2.19 bits per heavy atom. The Labute approximate surface area is 131 Å². The highest BCUT2D eigenvalue weighted by molar-refractivity contribution is 9.10. The number of hydrogen-bond donors (Lipinski definition) is 0. The Balaban J connectivity index is 1.86. The molecule has 0 atom stereocenters. The van der Waals surface area contributed by atoms with E-state index in [-0.39, 0.29) is 5.91 Å². The first-order chi connectivity index (χ1) is 10.2. The van der Waals surface area contributed by atoms with Crippen LogP contribution in [0.1, 0.15) is 25.6 Å². The lowest BCUT2D eigenvalue weighted by atomic mass is 10.2.